The molecule has 0 aliphatic carbocycles. The van der Waals surface area contributed by atoms with Crippen molar-refractivity contribution in [3.05, 3.63) is 94.0 Å². The van der Waals surface area contributed by atoms with E-state index in [2.05, 4.69) is 10.6 Å². The Morgan fingerprint density at radius 1 is 1.00 bits per heavy atom. The van der Waals surface area contributed by atoms with Crippen LogP contribution in [0.25, 0.3) is 0 Å². The average molecular weight is 452 g/mol. The van der Waals surface area contributed by atoms with Crippen LogP contribution in [0, 0.1) is 6.92 Å². The molecular weight excluding hydrogens is 430 g/mol. The third-order valence-corrected chi connectivity index (χ3v) is 4.93. The maximum absolute atomic E-state index is 12.6. The lowest BCUT2D eigenvalue weighted by atomic mass is 10.1. The van der Waals surface area contributed by atoms with Gasteiger partial charge < -0.3 is 21.1 Å². The Morgan fingerprint density at radius 2 is 1.72 bits per heavy atom. The number of hydrogen-bond donors (Lipinski definition) is 3. The number of ether oxygens (including phenoxy) is 1. The molecule has 3 aromatic rings. The topological polar surface area (TPSA) is 111 Å². The minimum Gasteiger partial charge on any atom is -0.452 e. The number of nitrogens with one attached hydrogen (secondary N) is 2. The molecule has 2 amide bonds. The van der Waals surface area contributed by atoms with E-state index in [0.29, 0.717) is 22.8 Å². The predicted molar refractivity (Wildman–Crippen MR) is 124 cm³/mol. The summed E-state index contributed by atoms with van der Waals surface area (Å²) in [5.74, 6) is -1.64. The number of nitrogens with two attached hydrogens (primary N) is 1. The first-order valence-electron chi connectivity index (χ1n) is 9.78. The number of hydrogen-bond acceptors (Lipinski definition) is 5. The van der Waals surface area contributed by atoms with Crippen molar-refractivity contribution in [2.45, 2.75) is 13.5 Å². The Labute approximate surface area is 190 Å². The molecule has 8 heteroatoms. The second kappa shape index (κ2) is 10.5. The highest BCUT2D eigenvalue weighted by atomic mass is 35.5. The number of rotatable bonds is 7. The zero-order valence-corrected chi connectivity index (χ0v) is 18.1. The zero-order chi connectivity index (χ0) is 23.1. The largest absolute Gasteiger partial charge is 0.452 e. The van der Waals surface area contributed by atoms with Gasteiger partial charge in [0.1, 0.15) is 0 Å². The van der Waals surface area contributed by atoms with Gasteiger partial charge in [0.25, 0.3) is 11.8 Å². The summed E-state index contributed by atoms with van der Waals surface area (Å²) in [6.07, 6.45) is 0. The van der Waals surface area contributed by atoms with Crippen LogP contribution in [-0.4, -0.2) is 24.4 Å². The highest BCUT2D eigenvalue weighted by Gasteiger charge is 2.15. The van der Waals surface area contributed by atoms with Gasteiger partial charge in [-0.2, -0.15) is 0 Å². The molecule has 0 aliphatic rings. The van der Waals surface area contributed by atoms with Gasteiger partial charge in [-0.15, -0.1) is 0 Å². The second-order valence-electron chi connectivity index (χ2n) is 7.07. The smallest absolute Gasteiger partial charge is 0.338 e. The van der Waals surface area contributed by atoms with Crippen molar-refractivity contribution in [3.8, 4) is 0 Å². The Balaban J connectivity index is 1.58. The van der Waals surface area contributed by atoms with Crippen LogP contribution in [0.4, 0.5) is 11.4 Å². The molecule has 0 bridgehead atoms. The maximum Gasteiger partial charge on any atom is 0.338 e. The van der Waals surface area contributed by atoms with Crippen molar-refractivity contribution in [2.75, 3.05) is 17.7 Å². The van der Waals surface area contributed by atoms with Crippen molar-refractivity contribution in [1.82, 2.24) is 5.32 Å². The minimum atomic E-state index is -0.715. The maximum atomic E-state index is 12.6. The SMILES string of the molecule is Cc1ccc(CNC(=O)c2ccccc2NC(=O)COC(=O)c2ccc(Cl)c(N)c2)cc1. The molecule has 0 unspecified atom stereocenters. The zero-order valence-electron chi connectivity index (χ0n) is 17.4. The van der Waals surface area contributed by atoms with Gasteiger partial charge in [-0.1, -0.05) is 53.6 Å². The first-order chi connectivity index (χ1) is 15.3. The lowest BCUT2D eigenvalue weighted by Crippen LogP contribution is -2.26. The number of amides is 2. The van der Waals surface area contributed by atoms with Crippen LogP contribution in [0.15, 0.2) is 66.7 Å². The van der Waals surface area contributed by atoms with E-state index in [0.717, 1.165) is 11.1 Å². The molecular formula is C24H22ClN3O4. The summed E-state index contributed by atoms with van der Waals surface area (Å²) in [6.45, 7) is 1.81. The third-order valence-electron chi connectivity index (χ3n) is 4.59. The van der Waals surface area contributed by atoms with E-state index in [1.165, 1.54) is 18.2 Å². The fourth-order valence-electron chi connectivity index (χ4n) is 2.85. The van der Waals surface area contributed by atoms with E-state index < -0.39 is 18.5 Å². The molecule has 4 N–H and O–H groups in total. The van der Waals surface area contributed by atoms with Crippen LogP contribution in [0.2, 0.25) is 5.02 Å². The molecule has 0 radical (unpaired) electrons. The van der Waals surface area contributed by atoms with E-state index >= 15 is 0 Å². The Morgan fingerprint density at radius 3 is 2.44 bits per heavy atom. The molecule has 164 valence electrons. The summed E-state index contributed by atoms with van der Waals surface area (Å²) in [5.41, 5.74) is 8.78. The summed E-state index contributed by atoms with van der Waals surface area (Å²) in [6, 6.07) is 18.7. The number of halogens is 1. The fraction of sp³-hybridized carbons (Fsp3) is 0.125. The molecule has 7 nitrogen and oxygen atoms in total. The van der Waals surface area contributed by atoms with Crippen molar-refractivity contribution in [3.63, 3.8) is 0 Å². The lowest BCUT2D eigenvalue weighted by Gasteiger charge is -2.12. The molecule has 3 rings (SSSR count). The van der Waals surface area contributed by atoms with Crippen molar-refractivity contribution >= 4 is 40.8 Å². The van der Waals surface area contributed by atoms with Crippen LogP contribution in [0.1, 0.15) is 31.8 Å². The van der Waals surface area contributed by atoms with Crippen LogP contribution in [0.3, 0.4) is 0 Å². The number of carbonyl (C=O) groups is 3. The van der Waals surface area contributed by atoms with Gasteiger partial charge in [-0.25, -0.2) is 4.79 Å². The number of esters is 1. The molecule has 0 atom stereocenters. The third kappa shape index (κ3) is 6.09. The van der Waals surface area contributed by atoms with Gasteiger partial charge in [-0.05, 0) is 42.8 Å². The van der Waals surface area contributed by atoms with E-state index in [9.17, 15) is 14.4 Å². The summed E-state index contributed by atoms with van der Waals surface area (Å²) >= 11 is 5.83. The van der Waals surface area contributed by atoms with Gasteiger partial charge in [-0.3, -0.25) is 9.59 Å². The fourth-order valence-corrected chi connectivity index (χ4v) is 2.96. The van der Waals surface area contributed by atoms with Gasteiger partial charge in [0.2, 0.25) is 0 Å². The molecule has 0 spiro atoms. The molecule has 0 aliphatic heterocycles. The van der Waals surface area contributed by atoms with Crippen molar-refractivity contribution < 1.29 is 19.1 Å². The van der Waals surface area contributed by atoms with Gasteiger partial charge in [0.05, 0.1) is 27.5 Å². The summed E-state index contributed by atoms with van der Waals surface area (Å²) in [7, 11) is 0. The normalized spacial score (nSPS) is 10.3. The van der Waals surface area contributed by atoms with E-state index in [-0.39, 0.29) is 17.2 Å². The number of benzene rings is 3. The molecule has 0 fully saturated rings. The summed E-state index contributed by atoms with van der Waals surface area (Å²) < 4.78 is 5.02. The number of carbonyl (C=O) groups excluding carboxylic acids is 3. The monoisotopic (exact) mass is 451 g/mol. The number of aryl methyl sites for hydroxylation is 1. The molecule has 0 saturated carbocycles. The van der Waals surface area contributed by atoms with Crippen molar-refractivity contribution in [2.24, 2.45) is 0 Å². The van der Waals surface area contributed by atoms with Crippen LogP contribution in [0.5, 0.6) is 0 Å². The minimum absolute atomic E-state index is 0.176. The first kappa shape index (κ1) is 22.8. The van der Waals surface area contributed by atoms with E-state index in [1.54, 1.807) is 24.3 Å². The van der Waals surface area contributed by atoms with Crippen LogP contribution >= 0.6 is 11.6 Å². The highest BCUT2D eigenvalue weighted by molar-refractivity contribution is 6.33. The van der Waals surface area contributed by atoms with E-state index in [4.69, 9.17) is 22.1 Å². The lowest BCUT2D eigenvalue weighted by molar-refractivity contribution is -0.119. The molecule has 0 saturated heterocycles. The number of para-hydroxylation sites is 1. The number of nitrogen functional groups attached to an aromatic ring is 1. The molecule has 0 heterocycles. The summed E-state index contributed by atoms with van der Waals surface area (Å²) in [5, 5.41) is 5.75. The average Bonchev–Trinajstić information content (AvgIpc) is 2.79. The van der Waals surface area contributed by atoms with Gasteiger partial charge >= 0.3 is 5.97 Å². The van der Waals surface area contributed by atoms with E-state index in [1.807, 2.05) is 31.2 Å². The first-order valence-corrected chi connectivity index (χ1v) is 10.2. The Hall–Kier alpha value is -3.84. The molecule has 3 aromatic carbocycles. The quantitative estimate of drug-likeness (QED) is 0.372. The highest BCUT2D eigenvalue weighted by Crippen LogP contribution is 2.20. The second-order valence-corrected chi connectivity index (χ2v) is 7.48. The van der Waals surface area contributed by atoms with Crippen LogP contribution in [-0.2, 0) is 16.1 Å². The number of anilines is 2. The standard InChI is InChI=1S/C24H22ClN3O4/c1-15-6-8-16(9-7-15)13-27-23(30)18-4-2-3-5-21(18)28-22(29)14-32-24(31)17-10-11-19(25)20(26)12-17/h2-12H,13-14,26H2,1H3,(H,27,30)(H,28,29). The van der Waals surface area contributed by atoms with Crippen molar-refractivity contribution in [1.29, 1.82) is 0 Å². The molecule has 32 heavy (non-hydrogen) atoms. The Bertz CT molecular complexity index is 1150. The van der Waals surface area contributed by atoms with Gasteiger partial charge in [0.15, 0.2) is 6.61 Å². The Kier molecular flexibility index (Phi) is 7.46. The van der Waals surface area contributed by atoms with Gasteiger partial charge in [0, 0.05) is 6.54 Å². The predicted octanol–water partition coefficient (Wildman–Crippen LogP) is 3.96. The van der Waals surface area contributed by atoms with Crippen LogP contribution < -0.4 is 16.4 Å². The molecule has 0 aromatic heterocycles. The summed E-state index contributed by atoms with van der Waals surface area (Å²) in [4.78, 5) is 37.0.